The summed E-state index contributed by atoms with van der Waals surface area (Å²) in [7, 11) is -1.73. The van der Waals surface area contributed by atoms with Crippen molar-refractivity contribution < 1.29 is 8.42 Å². The van der Waals surface area contributed by atoms with E-state index in [4.69, 9.17) is 0 Å². The van der Waals surface area contributed by atoms with E-state index in [0.29, 0.717) is 17.7 Å². The maximum absolute atomic E-state index is 12.4. The van der Waals surface area contributed by atoms with E-state index in [1.807, 2.05) is 31.3 Å². The summed E-state index contributed by atoms with van der Waals surface area (Å²) < 4.78 is 27.7. The smallest absolute Gasteiger partial charge is 0.271 e. The summed E-state index contributed by atoms with van der Waals surface area (Å²) in [5, 5.41) is 5.67. The first kappa shape index (κ1) is 15.0. The quantitative estimate of drug-likeness (QED) is 0.753. The van der Waals surface area contributed by atoms with Gasteiger partial charge in [-0.25, -0.2) is 13.4 Å². The van der Waals surface area contributed by atoms with Crippen molar-refractivity contribution in [1.29, 1.82) is 0 Å². The van der Waals surface area contributed by atoms with Gasteiger partial charge in [0.2, 0.25) is 0 Å². The highest BCUT2D eigenvalue weighted by molar-refractivity contribution is 7.94. The lowest BCUT2D eigenvalue weighted by atomic mass is 10.2. The lowest BCUT2D eigenvalue weighted by Gasteiger charge is -2.10. The van der Waals surface area contributed by atoms with Crippen LogP contribution in [0.15, 0.2) is 52.1 Å². The molecule has 0 bridgehead atoms. The zero-order valence-corrected chi connectivity index (χ0v) is 13.5. The number of aromatic nitrogens is 1. The summed E-state index contributed by atoms with van der Waals surface area (Å²) in [5.74, 6) is 0. The summed E-state index contributed by atoms with van der Waals surface area (Å²) >= 11 is 1.18. The van der Waals surface area contributed by atoms with Gasteiger partial charge in [0.25, 0.3) is 10.0 Å². The van der Waals surface area contributed by atoms with Crippen LogP contribution >= 0.6 is 11.3 Å². The number of para-hydroxylation sites is 1. The average Bonchev–Trinajstić information content (AvgIpc) is 3.03. The SMILES string of the molecule is CNCc1ccc2cccc(NS(=O)(=O)c3cccs3)c2n1. The molecule has 0 amide bonds. The molecular weight excluding hydrogens is 318 g/mol. The Morgan fingerprint density at radius 1 is 1.14 bits per heavy atom. The standard InChI is InChI=1S/C15H15N3O2S2/c1-16-10-12-8-7-11-4-2-5-13(15(11)17-12)18-22(19,20)14-6-3-9-21-14/h2-9,16,18H,10H2,1H3. The fraction of sp³-hybridized carbons (Fsp3) is 0.133. The number of sulfonamides is 1. The zero-order valence-electron chi connectivity index (χ0n) is 11.9. The molecule has 1 aromatic carbocycles. The van der Waals surface area contributed by atoms with E-state index in [2.05, 4.69) is 15.0 Å². The van der Waals surface area contributed by atoms with Crippen molar-refractivity contribution >= 4 is 38.0 Å². The van der Waals surface area contributed by atoms with Crippen LogP contribution in [-0.4, -0.2) is 20.4 Å². The normalized spacial score (nSPS) is 11.7. The van der Waals surface area contributed by atoms with E-state index in [1.54, 1.807) is 23.6 Å². The highest BCUT2D eigenvalue weighted by atomic mass is 32.2. The van der Waals surface area contributed by atoms with Crippen LogP contribution in [0.2, 0.25) is 0 Å². The van der Waals surface area contributed by atoms with Crippen LogP contribution in [0.4, 0.5) is 5.69 Å². The molecule has 0 unspecified atom stereocenters. The van der Waals surface area contributed by atoms with Gasteiger partial charge < -0.3 is 5.32 Å². The molecule has 0 aliphatic rings. The van der Waals surface area contributed by atoms with Crippen LogP contribution in [0, 0.1) is 0 Å². The molecule has 0 aliphatic carbocycles. The molecule has 5 nitrogen and oxygen atoms in total. The van der Waals surface area contributed by atoms with Gasteiger partial charge in [-0.05, 0) is 30.6 Å². The van der Waals surface area contributed by atoms with Crippen molar-refractivity contribution in [1.82, 2.24) is 10.3 Å². The fourth-order valence-corrected chi connectivity index (χ4v) is 4.22. The van der Waals surface area contributed by atoms with Crippen molar-refractivity contribution in [2.24, 2.45) is 0 Å². The van der Waals surface area contributed by atoms with Crippen molar-refractivity contribution in [3.05, 3.63) is 53.5 Å². The van der Waals surface area contributed by atoms with Crippen LogP contribution in [0.5, 0.6) is 0 Å². The summed E-state index contributed by atoms with van der Waals surface area (Å²) in [4.78, 5) is 4.54. The molecule has 0 aliphatic heterocycles. The topological polar surface area (TPSA) is 71.1 Å². The van der Waals surface area contributed by atoms with E-state index in [1.165, 1.54) is 11.3 Å². The van der Waals surface area contributed by atoms with E-state index in [-0.39, 0.29) is 4.21 Å². The van der Waals surface area contributed by atoms with Gasteiger partial charge in [0, 0.05) is 11.9 Å². The highest BCUT2D eigenvalue weighted by Gasteiger charge is 2.16. The number of rotatable bonds is 5. The lowest BCUT2D eigenvalue weighted by Crippen LogP contribution is -2.12. The molecule has 7 heteroatoms. The average molecular weight is 333 g/mol. The molecule has 3 rings (SSSR count). The Balaban J connectivity index is 2.05. The number of anilines is 1. The first-order chi connectivity index (χ1) is 10.6. The maximum atomic E-state index is 12.4. The molecule has 22 heavy (non-hydrogen) atoms. The number of benzene rings is 1. The second kappa shape index (κ2) is 6.04. The predicted molar refractivity (Wildman–Crippen MR) is 89.6 cm³/mol. The van der Waals surface area contributed by atoms with Crippen molar-refractivity contribution in [2.75, 3.05) is 11.8 Å². The summed E-state index contributed by atoms with van der Waals surface area (Å²) in [6.45, 7) is 0.627. The zero-order chi connectivity index (χ0) is 15.6. The van der Waals surface area contributed by atoms with E-state index in [9.17, 15) is 8.42 Å². The second-order valence-electron chi connectivity index (χ2n) is 4.75. The fourth-order valence-electron chi connectivity index (χ4n) is 2.16. The molecule has 2 heterocycles. The van der Waals surface area contributed by atoms with Gasteiger partial charge in [0.15, 0.2) is 0 Å². The van der Waals surface area contributed by atoms with E-state index in [0.717, 1.165) is 11.1 Å². The molecule has 0 spiro atoms. The van der Waals surface area contributed by atoms with Gasteiger partial charge in [-0.15, -0.1) is 11.3 Å². The van der Waals surface area contributed by atoms with E-state index >= 15 is 0 Å². The summed E-state index contributed by atoms with van der Waals surface area (Å²) in [5.41, 5.74) is 2.00. The van der Waals surface area contributed by atoms with Gasteiger partial charge in [-0.3, -0.25) is 4.72 Å². The number of thiophene rings is 1. The van der Waals surface area contributed by atoms with Crippen molar-refractivity contribution in [3.8, 4) is 0 Å². The molecule has 3 aromatic rings. The molecular formula is C15H15N3O2S2. The molecule has 114 valence electrons. The summed E-state index contributed by atoms with van der Waals surface area (Å²) in [6, 6.07) is 12.6. The monoisotopic (exact) mass is 333 g/mol. The van der Waals surface area contributed by atoms with Gasteiger partial charge in [-0.2, -0.15) is 0 Å². The molecule has 0 atom stereocenters. The largest absolute Gasteiger partial charge is 0.314 e. The lowest BCUT2D eigenvalue weighted by molar-refractivity contribution is 0.603. The third-order valence-corrected chi connectivity index (χ3v) is 5.90. The van der Waals surface area contributed by atoms with Crippen LogP contribution < -0.4 is 10.0 Å². The Morgan fingerprint density at radius 3 is 2.73 bits per heavy atom. The third kappa shape index (κ3) is 2.96. The van der Waals surface area contributed by atoms with Gasteiger partial charge >= 0.3 is 0 Å². The Morgan fingerprint density at radius 2 is 2.00 bits per heavy atom. The minimum Gasteiger partial charge on any atom is -0.314 e. The highest BCUT2D eigenvalue weighted by Crippen LogP contribution is 2.26. The first-order valence-corrected chi connectivity index (χ1v) is 9.06. The van der Waals surface area contributed by atoms with Gasteiger partial charge in [0.05, 0.1) is 16.9 Å². The van der Waals surface area contributed by atoms with Gasteiger partial charge in [0.1, 0.15) is 4.21 Å². The molecule has 2 aromatic heterocycles. The molecule has 0 saturated carbocycles. The maximum Gasteiger partial charge on any atom is 0.271 e. The van der Waals surface area contributed by atoms with Crippen molar-refractivity contribution in [2.45, 2.75) is 10.8 Å². The number of nitrogens with zero attached hydrogens (tertiary/aromatic N) is 1. The second-order valence-corrected chi connectivity index (χ2v) is 7.60. The van der Waals surface area contributed by atoms with E-state index < -0.39 is 10.0 Å². The third-order valence-electron chi connectivity index (χ3n) is 3.14. The number of fused-ring (bicyclic) bond motifs is 1. The molecule has 0 saturated heterocycles. The Hall–Kier alpha value is -1.96. The van der Waals surface area contributed by atoms with Gasteiger partial charge in [-0.1, -0.05) is 24.3 Å². The molecule has 0 radical (unpaired) electrons. The number of nitrogens with one attached hydrogen (secondary N) is 2. The number of pyridine rings is 1. The molecule has 0 fully saturated rings. The Labute approximate surface area is 133 Å². The van der Waals surface area contributed by atoms with Crippen molar-refractivity contribution in [3.63, 3.8) is 0 Å². The van der Waals surface area contributed by atoms with Crippen LogP contribution in [0.1, 0.15) is 5.69 Å². The minimum atomic E-state index is -3.57. The number of hydrogen-bond donors (Lipinski definition) is 2. The minimum absolute atomic E-state index is 0.288. The first-order valence-electron chi connectivity index (χ1n) is 6.70. The van der Waals surface area contributed by atoms with Crippen LogP contribution in [0.3, 0.4) is 0 Å². The predicted octanol–water partition coefficient (Wildman–Crippen LogP) is 2.82. The number of hydrogen-bond acceptors (Lipinski definition) is 5. The molecule has 2 N–H and O–H groups in total. The van der Waals surface area contributed by atoms with Crippen LogP contribution in [0.25, 0.3) is 10.9 Å². The Bertz CT molecular complexity index is 890. The summed E-state index contributed by atoms with van der Waals surface area (Å²) in [6.07, 6.45) is 0. The van der Waals surface area contributed by atoms with Crippen LogP contribution in [-0.2, 0) is 16.6 Å². The Kier molecular flexibility index (Phi) is 4.10.